The second-order valence-electron chi connectivity index (χ2n) is 7.17. The van der Waals surface area contributed by atoms with Crippen molar-refractivity contribution in [3.63, 3.8) is 0 Å². The van der Waals surface area contributed by atoms with Gasteiger partial charge in [0, 0.05) is 38.8 Å². The first-order chi connectivity index (χ1) is 12.7. The van der Waals surface area contributed by atoms with E-state index in [0.717, 1.165) is 67.3 Å². The summed E-state index contributed by atoms with van der Waals surface area (Å²) >= 11 is 7.94. The number of nitrogens with one attached hydrogen (secondary N) is 1. The molecule has 0 saturated carbocycles. The van der Waals surface area contributed by atoms with E-state index in [1.165, 1.54) is 0 Å². The van der Waals surface area contributed by atoms with Crippen molar-refractivity contribution < 1.29 is 9.53 Å². The van der Waals surface area contributed by atoms with Crippen LogP contribution in [0.5, 0.6) is 0 Å². The summed E-state index contributed by atoms with van der Waals surface area (Å²) in [7, 11) is 0. The number of amides is 1. The van der Waals surface area contributed by atoms with Gasteiger partial charge in [-0.15, -0.1) is 0 Å². The number of para-hydroxylation sites is 1. The average molecular weight is 394 g/mol. The Kier molecular flexibility index (Phi) is 5.62. The molecule has 1 aromatic heterocycles. The highest BCUT2D eigenvalue weighted by atomic mass is 35.5. The number of nitrogens with zero attached hydrogens (tertiary/aromatic N) is 2. The Balaban J connectivity index is 1.29. The van der Waals surface area contributed by atoms with Gasteiger partial charge in [0.2, 0.25) is 5.91 Å². The number of benzene rings is 1. The first-order valence-electron chi connectivity index (χ1n) is 9.36. The number of ether oxygens (including phenoxy) is 1. The number of thiazole rings is 1. The van der Waals surface area contributed by atoms with Gasteiger partial charge in [-0.05, 0) is 43.7 Å². The van der Waals surface area contributed by atoms with Crippen molar-refractivity contribution in [2.75, 3.05) is 31.2 Å². The SMILES string of the molecule is O=C(CC1CCN(c2nc3c(Cl)cccc3s2)CC1)NC1CCOCC1. The molecular weight excluding hydrogens is 370 g/mol. The molecule has 3 heterocycles. The van der Waals surface area contributed by atoms with Crippen molar-refractivity contribution in [3.8, 4) is 0 Å². The number of aromatic nitrogens is 1. The third-order valence-electron chi connectivity index (χ3n) is 5.30. The van der Waals surface area contributed by atoms with Gasteiger partial charge in [0.25, 0.3) is 0 Å². The summed E-state index contributed by atoms with van der Waals surface area (Å²) in [4.78, 5) is 19.3. The molecule has 0 atom stereocenters. The molecule has 0 unspecified atom stereocenters. The van der Waals surface area contributed by atoms with E-state index in [2.05, 4.69) is 16.3 Å². The molecule has 26 heavy (non-hydrogen) atoms. The van der Waals surface area contributed by atoms with Crippen molar-refractivity contribution in [2.24, 2.45) is 5.92 Å². The van der Waals surface area contributed by atoms with Crippen molar-refractivity contribution in [1.29, 1.82) is 0 Å². The maximum absolute atomic E-state index is 12.3. The van der Waals surface area contributed by atoms with E-state index in [1.807, 2.05) is 12.1 Å². The fourth-order valence-corrected chi connectivity index (χ4v) is 5.07. The van der Waals surface area contributed by atoms with Gasteiger partial charge in [-0.1, -0.05) is 29.0 Å². The van der Waals surface area contributed by atoms with Crippen LogP contribution in [0.15, 0.2) is 18.2 Å². The molecule has 0 radical (unpaired) electrons. The molecule has 140 valence electrons. The van der Waals surface area contributed by atoms with Crippen molar-refractivity contribution in [1.82, 2.24) is 10.3 Å². The molecule has 7 heteroatoms. The van der Waals surface area contributed by atoms with E-state index >= 15 is 0 Å². The quantitative estimate of drug-likeness (QED) is 0.857. The minimum Gasteiger partial charge on any atom is -0.381 e. The van der Waals surface area contributed by atoms with Gasteiger partial charge in [0.15, 0.2) is 5.13 Å². The minimum absolute atomic E-state index is 0.196. The lowest BCUT2D eigenvalue weighted by molar-refractivity contribution is -0.123. The number of halogens is 1. The van der Waals surface area contributed by atoms with Crippen LogP contribution in [0.2, 0.25) is 5.02 Å². The number of carbonyl (C=O) groups excluding carboxylic acids is 1. The lowest BCUT2D eigenvalue weighted by Gasteiger charge is -2.32. The highest BCUT2D eigenvalue weighted by molar-refractivity contribution is 7.22. The molecule has 1 amide bonds. The Morgan fingerprint density at radius 3 is 2.77 bits per heavy atom. The lowest BCUT2D eigenvalue weighted by Crippen LogP contribution is -2.41. The second-order valence-corrected chi connectivity index (χ2v) is 8.59. The van der Waals surface area contributed by atoms with E-state index in [4.69, 9.17) is 21.3 Å². The molecule has 1 N–H and O–H groups in total. The summed E-state index contributed by atoms with van der Waals surface area (Å²) in [5.74, 6) is 0.658. The zero-order chi connectivity index (χ0) is 17.9. The number of fused-ring (bicyclic) bond motifs is 1. The van der Waals surface area contributed by atoms with Gasteiger partial charge in [-0.2, -0.15) is 0 Å². The molecule has 0 bridgehead atoms. The molecule has 0 aliphatic carbocycles. The Labute approximate surface area is 162 Å². The minimum atomic E-state index is 0.196. The Morgan fingerprint density at radius 1 is 1.27 bits per heavy atom. The number of rotatable bonds is 4. The zero-order valence-corrected chi connectivity index (χ0v) is 16.3. The van der Waals surface area contributed by atoms with Crippen LogP contribution in [-0.2, 0) is 9.53 Å². The molecule has 0 spiro atoms. The Bertz CT molecular complexity index is 767. The van der Waals surface area contributed by atoms with Gasteiger partial charge in [-0.3, -0.25) is 4.79 Å². The van der Waals surface area contributed by atoms with Crippen molar-refractivity contribution in [2.45, 2.75) is 38.1 Å². The molecule has 2 aromatic rings. The summed E-state index contributed by atoms with van der Waals surface area (Å²) < 4.78 is 6.47. The summed E-state index contributed by atoms with van der Waals surface area (Å²) in [6.45, 7) is 3.42. The third kappa shape index (κ3) is 4.13. The van der Waals surface area contributed by atoms with Crippen LogP contribution >= 0.6 is 22.9 Å². The smallest absolute Gasteiger partial charge is 0.220 e. The van der Waals surface area contributed by atoms with Crippen LogP contribution < -0.4 is 10.2 Å². The van der Waals surface area contributed by atoms with E-state index in [1.54, 1.807) is 11.3 Å². The number of piperidine rings is 1. The number of hydrogen-bond acceptors (Lipinski definition) is 5. The summed E-state index contributed by atoms with van der Waals surface area (Å²) in [5.41, 5.74) is 0.895. The van der Waals surface area contributed by atoms with Crippen LogP contribution in [0.4, 0.5) is 5.13 Å². The van der Waals surface area contributed by atoms with Crippen molar-refractivity contribution >= 4 is 44.2 Å². The summed E-state index contributed by atoms with van der Waals surface area (Å²) in [5, 5.41) is 4.93. The van der Waals surface area contributed by atoms with Gasteiger partial charge in [0.05, 0.1) is 9.72 Å². The highest BCUT2D eigenvalue weighted by Crippen LogP contribution is 2.34. The molecule has 4 rings (SSSR count). The molecule has 5 nitrogen and oxygen atoms in total. The molecule has 1 aromatic carbocycles. The third-order valence-corrected chi connectivity index (χ3v) is 6.69. The topological polar surface area (TPSA) is 54.5 Å². The standard InChI is InChI=1S/C19H24ClN3O2S/c20-15-2-1-3-16-18(15)22-19(26-16)23-8-4-13(5-9-23)12-17(24)21-14-6-10-25-11-7-14/h1-3,13-14H,4-12H2,(H,21,24). The first-order valence-corrected chi connectivity index (χ1v) is 10.6. The monoisotopic (exact) mass is 393 g/mol. The maximum atomic E-state index is 12.3. The van der Waals surface area contributed by atoms with Crippen LogP contribution in [0.3, 0.4) is 0 Å². The molecule has 2 fully saturated rings. The van der Waals surface area contributed by atoms with Crippen LogP contribution in [-0.4, -0.2) is 43.2 Å². The molecule has 2 aliphatic heterocycles. The fraction of sp³-hybridized carbons (Fsp3) is 0.579. The largest absolute Gasteiger partial charge is 0.381 e. The Morgan fingerprint density at radius 2 is 2.04 bits per heavy atom. The van der Waals surface area contributed by atoms with E-state index in [0.29, 0.717) is 23.4 Å². The van der Waals surface area contributed by atoms with E-state index < -0.39 is 0 Å². The highest BCUT2D eigenvalue weighted by Gasteiger charge is 2.25. The van der Waals surface area contributed by atoms with Gasteiger partial charge in [-0.25, -0.2) is 4.98 Å². The predicted octanol–water partition coefficient (Wildman–Crippen LogP) is 3.85. The Hall–Kier alpha value is -1.37. The number of carbonyl (C=O) groups is 1. The first kappa shape index (κ1) is 18.0. The van der Waals surface area contributed by atoms with Crippen molar-refractivity contribution in [3.05, 3.63) is 23.2 Å². The zero-order valence-electron chi connectivity index (χ0n) is 14.7. The summed E-state index contributed by atoms with van der Waals surface area (Å²) in [6, 6.07) is 6.21. The van der Waals surface area contributed by atoms with Crippen LogP contribution in [0.1, 0.15) is 32.1 Å². The lowest BCUT2D eigenvalue weighted by atomic mass is 9.93. The predicted molar refractivity (Wildman–Crippen MR) is 106 cm³/mol. The number of anilines is 1. The number of hydrogen-bond donors (Lipinski definition) is 1. The second kappa shape index (κ2) is 8.11. The summed E-state index contributed by atoms with van der Waals surface area (Å²) in [6.07, 6.45) is 4.57. The molecular formula is C19H24ClN3O2S. The molecule has 2 saturated heterocycles. The molecule has 2 aliphatic rings. The van der Waals surface area contributed by atoms with E-state index in [-0.39, 0.29) is 5.91 Å². The van der Waals surface area contributed by atoms with Gasteiger partial charge in [0.1, 0.15) is 5.52 Å². The van der Waals surface area contributed by atoms with Gasteiger partial charge < -0.3 is 15.0 Å². The normalized spacial score (nSPS) is 19.8. The van der Waals surface area contributed by atoms with Crippen LogP contribution in [0.25, 0.3) is 10.2 Å². The van der Waals surface area contributed by atoms with E-state index in [9.17, 15) is 4.79 Å². The fourth-order valence-electron chi connectivity index (χ4n) is 3.76. The average Bonchev–Trinajstić information content (AvgIpc) is 3.09. The van der Waals surface area contributed by atoms with Gasteiger partial charge >= 0.3 is 0 Å². The van der Waals surface area contributed by atoms with Crippen LogP contribution in [0, 0.1) is 5.92 Å². The maximum Gasteiger partial charge on any atom is 0.220 e.